The van der Waals surface area contributed by atoms with E-state index >= 15 is 0 Å². The summed E-state index contributed by atoms with van der Waals surface area (Å²) < 4.78 is 0. The third-order valence-electron chi connectivity index (χ3n) is 3.50. The van der Waals surface area contributed by atoms with Gasteiger partial charge in [-0.3, -0.25) is 0 Å². The van der Waals surface area contributed by atoms with Crippen molar-refractivity contribution in [3.63, 3.8) is 0 Å². The van der Waals surface area contributed by atoms with E-state index in [9.17, 15) is 5.11 Å². The molecular formula is C12H18N4O. The van der Waals surface area contributed by atoms with Gasteiger partial charge in [-0.05, 0) is 25.3 Å². The van der Waals surface area contributed by atoms with Crippen molar-refractivity contribution in [3.8, 4) is 0 Å². The van der Waals surface area contributed by atoms with Gasteiger partial charge in [0, 0.05) is 32.4 Å². The van der Waals surface area contributed by atoms with Crippen LogP contribution in [0.3, 0.4) is 0 Å². The molecule has 0 aliphatic carbocycles. The molecule has 5 nitrogen and oxygen atoms in total. The van der Waals surface area contributed by atoms with E-state index in [1.54, 1.807) is 0 Å². The lowest BCUT2D eigenvalue weighted by Gasteiger charge is -2.20. The summed E-state index contributed by atoms with van der Waals surface area (Å²) in [5, 5.41) is 9.55. The van der Waals surface area contributed by atoms with Gasteiger partial charge in [-0.15, -0.1) is 0 Å². The quantitative estimate of drug-likeness (QED) is 0.814. The molecule has 2 aliphatic rings. The molecule has 1 atom stereocenters. The first-order chi connectivity index (χ1) is 8.33. The average Bonchev–Trinajstić information content (AvgIpc) is 3.00. The van der Waals surface area contributed by atoms with Gasteiger partial charge in [0.15, 0.2) is 0 Å². The molecule has 2 aliphatic heterocycles. The molecule has 1 N–H and O–H groups in total. The zero-order valence-corrected chi connectivity index (χ0v) is 9.92. The summed E-state index contributed by atoms with van der Waals surface area (Å²) in [6, 6.07) is 1.93. The smallest absolute Gasteiger partial charge is 0.227 e. The molecule has 5 heteroatoms. The zero-order valence-electron chi connectivity index (χ0n) is 9.92. The lowest BCUT2D eigenvalue weighted by atomic mass is 10.3. The fourth-order valence-corrected chi connectivity index (χ4v) is 2.53. The predicted octanol–water partition coefficient (Wildman–Crippen LogP) is 0.648. The maximum atomic E-state index is 9.55. The molecule has 0 radical (unpaired) electrons. The van der Waals surface area contributed by atoms with E-state index in [1.807, 2.05) is 12.3 Å². The fraction of sp³-hybridized carbons (Fsp3) is 0.667. The summed E-state index contributed by atoms with van der Waals surface area (Å²) in [4.78, 5) is 13.3. The minimum absolute atomic E-state index is 0.208. The summed E-state index contributed by atoms with van der Waals surface area (Å²) in [7, 11) is 0. The molecule has 2 fully saturated rings. The van der Waals surface area contributed by atoms with E-state index in [4.69, 9.17) is 0 Å². The van der Waals surface area contributed by atoms with Gasteiger partial charge in [-0.2, -0.15) is 4.98 Å². The molecule has 2 saturated heterocycles. The van der Waals surface area contributed by atoms with Gasteiger partial charge < -0.3 is 14.9 Å². The van der Waals surface area contributed by atoms with E-state index < -0.39 is 0 Å². The van der Waals surface area contributed by atoms with Crippen molar-refractivity contribution >= 4 is 11.8 Å². The number of nitrogens with zero attached hydrogens (tertiary/aromatic N) is 4. The van der Waals surface area contributed by atoms with Crippen LogP contribution in [0, 0.1) is 0 Å². The Morgan fingerprint density at radius 3 is 2.71 bits per heavy atom. The Morgan fingerprint density at radius 1 is 1.18 bits per heavy atom. The highest BCUT2D eigenvalue weighted by atomic mass is 16.3. The SMILES string of the molecule is OC1CCN(c2ccnc(N3CCCC3)n2)C1. The molecule has 0 spiro atoms. The molecule has 0 aromatic carbocycles. The Morgan fingerprint density at radius 2 is 2.00 bits per heavy atom. The van der Waals surface area contributed by atoms with Crippen LogP contribution in [-0.2, 0) is 0 Å². The van der Waals surface area contributed by atoms with E-state index in [1.165, 1.54) is 12.8 Å². The molecule has 1 unspecified atom stereocenters. The van der Waals surface area contributed by atoms with Crippen LogP contribution < -0.4 is 9.80 Å². The number of hydrogen-bond donors (Lipinski definition) is 1. The van der Waals surface area contributed by atoms with Gasteiger partial charge in [0.05, 0.1) is 6.10 Å². The second-order valence-electron chi connectivity index (χ2n) is 4.80. The van der Waals surface area contributed by atoms with Crippen LogP contribution in [0.1, 0.15) is 19.3 Å². The number of aliphatic hydroxyl groups excluding tert-OH is 1. The van der Waals surface area contributed by atoms with Crippen LogP contribution >= 0.6 is 0 Å². The number of anilines is 2. The molecule has 0 amide bonds. The summed E-state index contributed by atoms with van der Waals surface area (Å²) in [5.74, 6) is 1.78. The van der Waals surface area contributed by atoms with Crippen molar-refractivity contribution in [2.75, 3.05) is 36.0 Å². The van der Waals surface area contributed by atoms with Crippen molar-refractivity contribution in [1.82, 2.24) is 9.97 Å². The third kappa shape index (κ3) is 2.20. The van der Waals surface area contributed by atoms with Gasteiger partial charge in [-0.1, -0.05) is 0 Å². The van der Waals surface area contributed by atoms with Crippen molar-refractivity contribution in [1.29, 1.82) is 0 Å². The summed E-state index contributed by atoms with van der Waals surface area (Å²) in [6.45, 7) is 3.70. The van der Waals surface area contributed by atoms with E-state index in [2.05, 4.69) is 19.8 Å². The van der Waals surface area contributed by atoms with E-state index in [0.29, 0.717) is 6.54 Å². The minimum atomic E-state index is -0.208. The monoisotopic (exact) mass is 234 g/mol. The Labute approximate surface area is 101 Å². The number of aliphatic hydroxyl groups is 1. The van der Waals surface area contributed by atoms with Crippen LogP contribution in [0.5, 0.6) is 0 Å². The molecule has 0 saturated carbocycles. The molecule has 1 aromatic heterocycles. The van der Waals surface area contributed by atoms with Gasteiger partial charge in [0.1, 0.15) is 5.82 Å². The highest BCUT2D eigenvalue weighted by Crippen LogP contribution is 2.21. The van der Waals surface area contributed by atoms with E-state index in [0.717, 1.165) is 37.8 Å². The van der Waals surface area contributed by atoms with Gasteiger partial charge in [0.25, 0.3) is 0 Å². The lowest BCUT2D eigenvalue weighted by Crippen LogP contribution is -2.25. The molecule has 0 bridgehead atoms. The van der Waals surface area contributed by atoms with Crippen LogP contribution in [0.4, 0.5) is 11.8 Å². The largest absolute Gasteiger partial charge is 0.391 e. The molecule has 3 heterocycles. The molecular weight excluding hydrogens is 216 g/mol. The molecule has 92 valence electrons. The van der Waals surface area contributed by atoms with Gasteiger partial charge >= 0.3 is 0 Å². The summed E-state index contributed by atoms with van der Waals surface area (Å²) in [5.41, 5.74) is 0. The highest BCUT2D eigenvalue weighted by Gasteiger charge is 2.22. The molecule has 17 heavy (non-hydrogen) atoms. The summed E-state index contributed by atoms with van der Waals surface area (Å²) >= 11 is 0. The Hall–Kier alpha value is -1.36. The topological polar surface area (TPSA) is 52.5 Å². The van der Waals surface area contributed by atoms with Crippen molar-refractivity contribution in [2.45, 2.75) is 25.4 Å². The maximum absolute atomic E-state index is 9.55. The Bertz CT molecular complexity index is 392. The van der Waals surface area contributed by atoms with Crippen LogP contribution in [-0.4, -0.2) is 47.4 Å². The zero-order chi connectivity index (χ0) is 11.7. The second-order valence-corrected chi connectivity index (χ2v) is 4.80. The van der Waals surface area contributed by atoms with Gasteiger partial charge in [0.2, 0.25) is 5.95 Å². The normalized spacial score (nSPS) is 24.6. The standard InChI is InChI=1S/C12H18N4O/c17-10-4-8-16(9-10)11-3-5-13-12(14-11)15-6-1-2-7-15/h3,5,10,17H,1-2,4,6-9H2. The fourth-order valence-electron chi connectivity index (χ4n) is 2.53. The summed E-state index contributed by atoms with van der Waals surface area (Å²) in [6.07, 6.45) is 4.91. The first kappa shape index (κ1) is 10.8. The Kier molecular flexibility index (Phi) is 2.84. The van der Waals surface area contributed by atoms with Gasteiger partial charge in [-0.25, -0.2) is 4.98 Å². The van der Waals surface area contributed by atoms with Crippen molar-refractivity contribution in [2.24, 2.45) is 0 Å². The van der Waals surface area contributed by atoms with Crippen LogP contribution in [0.15, 0.2) is 12.3 Å². The number of rotatable bonds is 2. The van der Waals surface area contributed by atoms with Crippen molar-refractivity contribution < 1.29 is 5.11 Å². The number of hydrogen-bond acceptors (Lipinski definition) is 5. The molecule has 1 aromatic rings. The number of β-amino-alcohol motifs (C(OH)–C–C–N with tert-alkyl or cyclic N) is 1. The number of aromatic nitrogens is 2. The lowest BCUT2D eigenvalue weighted by molar-refractivity contribution is 0.198. The third-order valence-corrected chi connectivity index (χ3v) is 3.50. The molecule has 3 rings (SSSR count). The van der Waals surface area contributed by atoms with Crippen LogP contribution in [0.2, 0.25) is 0 Å². The average molecular weight is 234 g/mol. The van der Waals surface area contributed by atoms with Crippen LogP contribution in [0.25, 0.3) is 0 Å². The first-order valence-corrected chi connectivity index (χ1v) is 6.34. The van der Waals surface area contributed by atoms with E-state index in [-0.39, 0.29) is 6.10 Å². The minimum Gasteiger partial charge on any atom is -0.391 e. The first-order valence-electron chi connectivity index (χ1n) is 6.34. The maximum Gasteiger partial charge on any atom is 0.227 e. The highest BCUT2D eigenvalue weighted by molar-refractivity contribution is 5.45. The van der Waals surface area contributed by atoms with Crippen molar-refractivity contribution in [3.05, 3.63) is 12.3 Å². The predicted molar refractivity (Wildman–Crippen MR) is 66.3 cm³/mol. The Balaban J connectivity index is 1.78. The second kappa shape index (κ2) is 4.49.